The van der Waals surface area contributed by atoms with Crippen molar-refractivity contribution < 1.29 is 9.66 Å². The summed E-state index contributed by atoms with van der Waals surface area (Å²) in [5.41, 5.74) is 0.795. The Hall–Kier alpha value is -1.66. The van der Waals surface area contributed by atoms with Crippen LogP contribution < -0.4 is 4.74 Å². The van der Waals surface area contributed by atoms with Gasteiger partial charge in [0.2, 0.25) is 0 Å². The maximum absolute atomic E-state index is 10.8. The van der Waals surface area contributed by atoms with Gasteiger partial charge in [-0.25, -0.2) is 4.98 Å². The largest absolute Gasteiger partial charge is 0.487 e. The summed E-state index contributed by atoms with van der Waals surface area (Å²) >= 11 is 8.92. The summed E-state index contributed by atoms with van der Waals surface area (Å²) in [6.45, 7) is 0.252. The van der Waals surface area contributed by atoms with Crippen molar-refractivity contribution in [2.75, 3.05) is 0 Å². The van der Waals surface area contributed by atoms with Crippen molar-refractivity contribution >= 4 is 33.2 Å². The van der Waals surface area contributed by atoms with E-state index in [1.165, 1.54) is 6.07 Å². The molecule has 2 aromatic rings. The van der Waals surface area contributed by atoms with Crippen LogP contribution in [0.5, 0.6) is 5.75 Å². The smallest absolute Gasteiger partial charge is 0.287 e. The lowest BCUT2D eigenvalue weighted by Crippen LogP contribution is -1.98. The van der Waals surface area contributed by atoms with Crippen molar-refractivity contribution in [3.8, 4) is 5.75 Å². The van der Waals surface area contributed by atoms with Crippen LogP contribution in [0.2, 0.25) is 5.15 Å². The molecule has 0 amide bonds. The van der Waals surface area contributed by atoms with Gasteiger partial charge in [0, 0.05) is 12.3 Å². The van der Waals surface area contributed by atoms with Gasteiger partial charge in [-0.15, -0.1) is 0 Å². The van der Waals surface area contributed by atoms with Gasteiger partial charge in [-0.1, -0.05) is 17.7 Å². The minimum Gasteiger partial charge on any atom is -0.487 e. The number of pyridine rings is 1. The predicted molar refractivity (Wildman–Crippen MR) is 74.4 cm³/mol. The summed E-state index contributed by atoms with van der Waals surface area (Å²) in [6.07, 6.45) is 1.57. The normalized spacial score (nSPS) is 10.2. The highest BCUT2D eigenvalue weighted by molar-refractivity contribution is 9.10. The SMILES string of the molecule is O=[N+]([O-])c1cccc(OCc2ccnc(Cl)c2)c1Br. The molecule has 0 radical (unpaired) electrons. The predicted octanol–water partition coefficient (Wildman–Crippen LogP) is 3.98. The second-order valence-electron chi connectivity index (χ2n) is 3.62. The van der Waals surface area contributed by atoms with Gasteiger partial charge in [0.25, 0.3) is 5.69 Å². The van der Waals surface area contributed by atoms with Crippen LogP contribution in [0.1, 0.15) is 5.56 Å². The summed E-state index contributed by atoms with van der Waals surface area (Å²) in [5, 5.41) is 11.2. The highest BCUT2D eigenvalue weighted by atomic mass is 79.9. The number of ether oxygens (including phenoxy) is 1. The van der Waals surface area contributed by atoms with Crippen LogP contribution in [0.25, 0.3) is 0 Å². The van der Waals surface area contributed by atoms with Gasteiger partial charge in [0.05, 0.1) is 4.92 Å². The monoisotopic (exact) mass is 342 g/mol. The number of rotatable bonds is 4. The van der Waals surface area contributed by atoms with Crippen molar-refractivity contribution in [3.63, 3.8) is 0 Å². The van der Waals surface area contributed by atoms with E-state index in [2.05, 4.69) is 20.9 Å². The molecule has 0 aliphatic rings. The molecule has 0 aliphatic carbocycles. The van der Waals surface area contributed by atoms with Gasteiger partial charge in [-0.05, 0) is 39.7 Å². The number of aromatic nitrogens is 1. The summed E-state index contributed by atoms with van der Waals surface area (Å²) < 4.78 is 5.85. The van der Waals surface area contributed by atoms with E-state index in [0.29, 0.717) is 15.4 Å². The molecule has 19 heavy (non-hydrogen) atoms. The van der Waals surface area contributed by atoms with Crippen LogP contribution in [0, 0.1) is 10.1 Å². The molecule has 0 N–H and O–H groups in total. The second kappa shape index (κ2) is 5.99. The first-order valence-electron chi connectivity index (χ1n) is 5.24. The third-order valence-corrected chi connectivity index (χ3v) is 3.33. The summed E-state index contributed by atoms with van der Waals surface area (Å²) in [5.74, 6) is 0.405. The van der Waals surface area contributed by atoms with Crippen LogP contribution in [0.4, 0.5) is 5.69 Å². The zero-order chi connectivity index (χ0) is 13.8. The van der Waals surface area contributed by atoms with E-state index in [1.54, 1.807) is 30.5 Å². The third-order valence-electron chi connectivity index (χ3n) is 2.32. The number of halogens is 2. The zero-order valence-corrected chi connectivity index (χ0v) is 11.9. The summed E-state index contributed by atoms with van der Waals surface area (Å²) in [4.78, 5) is 14.2. The summed E-state index contributed by atoms with van der Waals surface area (Å²) in [6, 6.07) is 8.06. The first kappa shape index (κ1) is 13.8. The highest BCUT2D eigenvalue weighted by Crippen LogP contribution is 2.34. The number of nitro groups is 1. The van der Waals surface area contributed by atoms with E-state index < -0.39 is 4.92 Å². The van der Waals surface area contributed by atoms with Gasteiger partial charge < -0.3 is 4.74 Å². The third kappa shape index (κ3) is 3.42. The molecule has 1 aromatic carbocycles. The van der Waals surface area contributed by atoms with Crippen LogP contribution >= 0.6 is 27.5 Å². The van der Waals surface area contributed by atoms with Crippen molar-refractivity contribution in [2.45, 2.75) is 6.61 Å². The Labute approximate surface area is 122 Å². The fourth-order valence-electron chi connectivity index (χ4n) is 1.45. The lowest BCUT2D eigenvalue weighted by Gasteiger charge is -2.08. The van der Waals surface area contributed by atoms with Crippen LogP contribution in [0.15, 0.2) is 41.0 Å². The number of hydrogen-bond acceptors (Lipinski definition) is 4. The standard InChI is InChI=1S/C12H8BrClN2O3/c13-12-9(16(17)18)2-1-3-10(12)19-7-8-4-5-15-11(14)6-8/h1-6H,7H2. The minimum absolute atomic E-state index is 0.0368. The van der Waals surface area contributed by atoms with Gasteiger partial charge >= 0.3 is 0 Å². The van der Waals surface area contributed by atoms with E-state index in [4.69, 9.17) is 16.3 Å². The fraction of sp³-hybridized carbons (Fsp3) is 0.0833. The molecule has 0 saturated heterocycles. The number of hydrogen-bond donors (Lipinski definition) is 0. The first-order chi connectivity index (χ1) is 9.08. The van der Waals surface area contributed by atoms with Crippen LogP contribution in [-0.2, 0) is 6.61 Å². The zero-order valence-electron chi connectivity index (χ0n) is 9.55. The molecule has 1 aromatic heterocycles. The number of nitrogens with zero attached hydrogens (tertiary/aromatic N) is 2. The van der Waals surface area contributed by atoms with Crippen LogP contribution in [-0.4, -0.2) is 9.91 Å². The second-order valence-corrected chi connectivity index (χ2v) is 4.80. The average Bonchev–Trinajstić information content (AvgIpc) is 2.37. The number of benzene rings is 1. The Morgan fingerprint density at radius 3 is 2.89 bits per heavy atom. The van der Waals surface area contributed by atoms with E-state index in [1.807, 2.05) is 0 Å². The fourth-order valence-corrected chi connectivity index (χ4v) is 2.17. The van der Waals surface area contributed by atoms with Gasteiger partial charge in [-0.3, -0.25) is 10.1 Å². The van der Waals surface area contributed by atoms with E-state index in [0.717, 1.165) is 5.56 Å². The minimum atomic E-state index is -0.472. The molecule has 7 heteroatoms. The molecule has 0 atom stereocenters. The molecule has 0 spiro atoms. The quantitative estimate of drug-likeness (QED) is 0.478. The van der Waals surface area contributed by atoms with Crippen molar-refractivity contribution in [2.24, 2.45) is 0 Å². The van der Waals surface area contributed by atoms with Crippen LogP contribution in [0.3, 0.4) is 0 Å². The molecule has 1 heterocycles. The van der Waals surface area contributed by atoms with E-state index in [-0.39, 0.29) is 12.3 Å². The van der Waals surface area contributed by atoms with Gasteiger partial charge in [-0.2, -0.15) is 0 Å². The topological polar surface area (TPSA) is 65.3 Å². The Bertz CT molecular complexity index is 622. The van der Waals surface area contributed by atoms with Gasteiger partial charge in [0.1, 0.15) is 22.0 Å². The average molecular weight is 344 g/mol. The molecule has 0 unspecified atom stereocenters. The van der Waals surface area contributed by atoms with E-state index in [9.17, 15) is 10.1 Å². The molecular formula is C12H8BrClN2O3. The maximum atomic E-state index is 10.8. The lowest BCUT2D eigenvalue weighted by molar-refractivity contribution is -0.385. The van der Waals surface area contributed by atoms with Crippen molar-refractivity contribution in [1.29, 1.82) is 0 Å². The van der Waals surface area contributed by atoms with Crippen molar-refractivity contribution in [1.82, 2.24) is 4.98 Å². The molecule has 2 rings (SSSR count). The van der Waals surface area contributed by atoms with E-state index >= 15 is 0 Å². The van der Waals surface area contributed by atoms with Crippen molar-refractivity contribution in [3.05, 3.63) is 61.8 Å². The molecular weight excluding hydrogens is 336 g/mol. The summed E-state index contributed by atoms with van der Waals surface area (Å²) in [7, 11) is 0. The Kier molecular flexibility index (Phi) is 4.34. The number of nitro benzene ring substituents is 1. The highest BCUT2D eigenvalue weighted by Gasteiger charge is 2.15. The first-order valence-corrected chi connectivity index (χ1v) is 6.41. The molecule has 98 valence electrons. The Balaban J connectivity index is 2.16. The Morgan fingerprint density at radius 2 is 2.21 bits per heavy atom. The Morgan fingerprint density at radius 1 is 1.42 bits per heavy atom. The maximum Gasteiger partial charge on any atom is 0.287 e. The van der Waals surface area contributed by atoms with Gasteiger partial charge in [0.15, 0.2) is 0 Å². The lowest BCUT2D eigenvalue weighted by atomic mass is 10.3. The molecule has 0 fully saturated rings. The molecule has 0 saturated carbocycles. The molecule has 5 nitrogen and oxygen atoms in total. The molecule has 0 aliphatic heterocycles. The molecule has 0 bridgehead atoms.